The van der Waals surface area contributed by atoms with Crippen molar-refractivity contribution in [2.75, 3.05) is 0 Å². The molecule has 2 rings (SSSR count). The van der Waals surface area contributed by atoms with Gasteiger partial charge >= 0.3 is 0 Å². The molecule has 0 fully saturated rings. The van der Waals surface area contributed by atoms with Crippen LogP contribution in [0.15, 0.2) is 6.07 Å². The van der Waals surface area contributed by atoms with Gasteiger partial charge in [-0.15, -0.1) is 0 Å². The minimum Gasteiger partial charge on any atom is -0.482 e. The Morgan fingerprint density at radius 1 is 1.50 bits per heavy atom. The molecule has 1 aliphatic heterocycles. The van der Waals surface area contributed by atoms with Gasteiger partial charge in [-0.05, 0) is 56.4 Å². The van der Waals surface area contributed by atoms with E-state index in [0.717, 1.165) is 40.3 Å². The highest BCUT2D eigenvalue weighted by Gasteiger charge is 2.25. The standard InChI is InChI=1S/C13H15ClO2/c1-7-6-12-10(8(2)13(7)14)4-5-11(16-12)9(3)15/h6,11H,4-5H2,1-3H3. The van der Waals surface area contributed by atoms with Crippen LogP contribution in [0.2, 0.25) is 5.02 Å². The second-order valence-corrected chi connectivity index (χ2v) is 4.74. The third-order valence-electron chi connectivity index (χ3n) is 3.15. The molecular formula is C13H15ClO2. The van der Waals surface area contributed by atoms with E-state index in [0.29, 0.717) is 0 Å². The lowest BCUT2D eigenvalue weighted by atomic mass is 9.95. The maximum absolute atomic E-state index is 11.3. The molecule has 1 atom stereocenters. The zero-order valence-corrected chi connectivity index (χ0v) is 10.5. The Kier molecular flexibility index (Phi) is 2.94. The first kappa shape index (κ1) is 11.5. The Hall–Kier alpha value is -1.02. The van der Waals surface area contributed by atoms with Crippen LogP contribution in [0, 0.1) is 13.8 Å². The van der Waals surface area contributed by atoms with E-state index < -0.39 is 0 Å². The van der Waals surface area contributed by atoms with E-state index in [2.05, 4.69) is 0 Å². The lowest BCUT2D eigenvalue weighted by Crippen LogP contribution is -2.29. The molecule has 1 aliphatic rings. The molecule has 0 bridgehead atoms. The number of rotatable bonds is 1. The summed E-state index contributed by atoms with van der Waals surface area (Å²) in [6, 6.07) is 1.93. The predicted molar refractivity (Wildman–Crippen MR) is 64.3 cm³/mol. The fraction of sp³-hybridized carbons (Fsp3) is 0.462. The molecule has 1 heterocycles. The van der Waals surface area contributed by atoms with Gasteiger partial charge in [0.05, 0.1) is 0 Å². The van der Waals surface area contributed by atoms with Gasteiger partial charge in [0.25, 0.3) is 0 Å². The van der Waals surface area contributed by atoms with Crippen LogP contribution in [-0.4, -0.2) is 11.9 Å². The Bertz CT molecular complexity index is 452. The molecule has 0 N–H and O–H groups in total. The number of hydrogen-bond acceptors (Lipinski definition) is 2. The SMILES string of the molecule is CC(=O)C1CCc2c(cc(C)c(Cl)c2C)O1. The maximum atomic E-state index is 11.3. The number of aryl methyl sites for hydroxylation is 1. The number of hydrogen-bond donors (Lipinski definition) is 0. The third kappa shape index (κ3) is 1.82. The number of fused-ring (bicyclic) bond motifs is 1. The van der Waals surface area contributed by atoms with E-state index in [1.54, 1.807) is 6.92 Å². The summed E-state index contributed by atoms with van der Waals surface area (Å²) in [5.74, 6) is 0.918. The zero-order valence-electron chi connectivity index (χ0n) is 9.76. The molecule has 16 heavy (non-hydrogen) atoms. The number of Topliss-reactive ketones (excluding diaryl/α,β-unsaturated/α-hetero) is 1. The molecule has 3 heteroatoms. The molecule has 1 unspecified atom stereocenters. The number of carbonyl (C=O) groups excluding carboxylic acids is 1. The molecule has 0 spiro atoms. The average molecular weight is 239 g/mol. The summed E-state index contributed by atoms with van der Waals surface area (Å²) in [4.78, 5) is 11.3. The van der Waals surface area contributed by atoms with Gasteiger partial charge in [0.15, 0.2) is 11.9 Å². The maximum Gasteiger partial charge on any atom is 0.170 e. The van der Waals surface area contributed by atoms with Crippen molar-refractivity contribution in [1.82, 2.24) is 0 Å². The van der Waals surface area contributed by atoms with E-state index in [-0.39, 0.29) is 11.9 Å². The number of ether oxygens (including phenoxy) is 1. The van der Waals surface area contributed by atoms with Crippen LogP contribution in [-0.2, 0) is 11.2 Å². The van der Waals surface area contributed by atoms with Gasteiger partial charge < -0.3 is 4.74 Å². The minimum atomic E-state index is -0.285. The molecule has 2 nitrogen and oxygen atoms in total. The average Bonchev–Trinajstić information content (AvgIpc) is 2.25. The molecule has 0 aromatic heterocycles. The van der Waals surface area contributed by atoms with Crippen LogP contribution in [0.3, 0.4) is 0 Å². The molecule has 0 amide bonds. The van der Waals surface area contributed by atoms with Crippen LogP contribution in [0.5, 0.6) is 5.75 Å². The number of halogens is 1. The van der Waals surface area contributed by atoms with Crippen LogP contribution in [0.4, 0.5) is 0 Å². The summed E-state index contributed by atoms with van der Waals surface area (Å²) in [5.41, 5.74) is 3.23. The Balaban J connectivity index is 2.44. The second-order valence-electron chi connectivity index (χ2n) is 4.36. The Morgan fingerprint density at radius 2 is 2.19 bits per heavy atom. The van der Waals surface area contributed by atoms with Gasteiger partial charge in [-0.3, -0.25) is 4.79 Å². The molecule has 0 radical (unpaired) electrons. The quantitative estimate of drug-likeness (QED) is 0.751. The van der Waals surface area contributed by atoms with Crippen LogP contribution >= 0.6 is 11.6 Å². The van der Waals surface area contributed by atoms with Gasteiger partial charge in [0, 0.05) is 5.02 Å². The van der Waals surface area contributed by atoms with Gasteiger partial charge in [0.1, 0.15) is 5.75 Å². The highest BCUT2D eigenvalue weighted by molar-refractivity contribution is 6.32. The molecule has 0 saturated heterocycles. The van der Waals surface area contributed by atoms with Crippen molar-refractivity contribution < 1.29 is 9.53 Å². The Labute approximate surface area is 101 Å². The topological polar surface area (TPSA) is 26.3 Å². The largest absolute Gasteiger partial charge is 0.482 e. The fourth-order valence-electron chi connectivity index (χ4n) is 2.15. The first-order valence-electron chi connectivity index (χ1n) is 5.46. The van der Waals surface area contributed by atoms with Crippen molar-refractivity contribution >= 4 is 17.4 Å². The van der Waals surface area contributed by atoms with Crippen molar-refractivity contribution in [3.8, 4) is 5.75 Å². The van der Waals surface area contributed by atoms with Gasteiger partial charge in [-0.2, -0.15) is 0 Å². The molecule has 0 saturated carbocycles. The summed E-state index contributed by atoms with van der Waals surface area (Å²) in [7, 11) is 0. The summed E-state index contributed by atoms with van der Waals surface area (Å²) in [5, 5.41) is 0.809. The van der Waals surface area contributed by atoms with Crippen molar-refractivity contribution in [3.63, 3.8) is 0 Å². The van der Waals surface area contributed by atoms with Gasteiger partial charge in [0.2, 0.25) is 0 Å². The summed E-state index contributed by atoms with van der Waals surface area (Å²) >= 11 is 6.19. The number of benzene rings is 1. The van der Waals surface area contributed by atoms with Gasteiger partial charge in [-0.1, -0.05) is 11.6 Å². The normalized spacial score (nSPS) is 18.9. The summed E-state index contributed by atoms with van der Waals surface area (Å²) < 4.78 is 5.70. The molecule has 86 valence electrons. The Morgan fingerprint density at radius 3 is 2.81 bits per heavy atom. The highest BCUT2D eigenvalue weighted by atomic mass is 35.5. The first-order valence-corrected chi connectivity index (χ1v) is 5.84. The second kappa shape index (κ2) is 4.10. The summed E-state index contributed by atoms with van der Waals surface area (Å²) in [6.45, 7) is 5.53. The van der Waals surface area contributed by atoms with E-state index in [4.69, 9.17) is 16.3 Å². The lowest BCUT2D eigenvalue weighted by Gasteiger charge is -2.26. The van der Waals surface area contributed by atoms with Crippen molar-refractivity contribution in [3.05, 3.63) is 27.8 Å². The van der Waals surface area contributed by atoms with E-state index >= 15 is 0 Å². The number of ketones is 1. The van der Waals surface area contributed by atoms with E-state index in [1.807, 2.05) is 19.9 Å². The molecule has 1 aromatic rings. The minimum absolute atomic E-state index is 0.0934. The van der Waals surface area contributed by atoms with E-state index in [9.17, 15) is 4.79 Å². The zero-order chi connectivity index (χ0) is 11.9. The van der Waals surface area contributed by atoms with Crippen LogP contribution < -0.4 is 4.74 Å². The lowest BCUT2D eigenvalue weighted by molar-refractivity contribution is -0.124. The van der Waals surface area contributed by atoms with Crippen LogP contribution in [0.25, 0.3) is 0 Å². The molecule has 1 aromatic carbocycles. The van der Waals surface area contributed by atoms with Gasteiger partial charge in [-0.25, -0.2) is 0 Å². The monoisotopic (exact) mass is 238 g/mol. The van der Waals surface area contributed by atoms with Crippen molar-refractivity contribution in [1.29, 1.82) is 0 Å². The first-order chi connectivity index (χ1) is 7.50. The molecule has 0 aliphatic carbocycles. The number of carbonyl (C=O) groups is 1. The summed E-state index contributed by atoms with van der Waals surface area (Å²) in [6.07, 6.45) is 1.33. The van der Waals surface area contributed by atoms with Crippen LogP contribution in [0.1, 0.15) is 30.0 Å². The third-order valence-corrected chi connectivity index (χ3v) is 3.73. The predicted octanol–water partition coefficient (Wildman–Crippen LogP) is 3.24. The van der Waals surface area contributed by atoms with E-state index in [1.165, 1.54) is 0 Å². The smallest absolute Gasteiger partial charge is 0.170 e. The van der Waals surface area contributed by atoms with Crippen molar-refractivity contribution in [2.45, 2.75) is 39.7 Å². The van der Waals surface area contributed by atoms with Crippen molar-refractivity contribution in [2.24, 2.45) is 0 Å². The molecular weight excluding hydrogens is 224 g/mol. The highest BCUT2D eigenvalue weighted by Crippen LogP contribution is 2.36. The fourth-order valence-corrected chi connectivity index (χ4v) is 2.32.